The molecule has 106 valence electrons. The first-order chi connectivity index (χ1) is 8.97. The van der Waals surface area contributed by atoms with Gasteiger partial charge in [-0.1, -0.05) is 29.8 Å². The van der Waals surface area contributed by atoms with E-state index in [-0.39, 0.29) is 0 Å². The van der Waals surface area contributed by atoms with Crippen LogP contribution in [0.3, 0.4) is 0 Å². The first-order valence-corrected chi connectivity index (χ1v) is 8.01. The molecule has 1 N–H and O–H groups in total. The van der Waals surface area contributed by atoms with Crippen molar-refractivity contribution in [3.05, 3.63) is 27.7 Å². The average molecular weight is 325 g/mol. The summed E-state index contributed by atoms with van der Waals surface area (Å²) in [5, 5.41) is 3.64. The molecule has 19 heavy (non-hydrogen) atoms. The Labute approximate surface area is 125 Å². The quantitative estimate of drug-likeness (QED) is 0.907. The highest BCUT2D eigenvalue weighted by Crippen LogP contribution is 2.28. The van der Waals surface area contributed by atoms with E-state index >= 15 is 0 Å². The highest BCUT2D eigenvalue weighted by Gasteiger charge is 2.20. The summed E-state index contributed by atoms with van der Waals surface area (Å²) in [5.41, 5.74) is 4.02. The second-order valence-corrected chi connectivity index (χ2v) is 6.91. The van der Waals surface area contributed by atoms with Crippen LogP contribution in [0.25, 0.3) is 0 Å². The van der Waals surface area contributed by atoms with Crippen molar-refractivity contribution in [3.8, 4) is 0 Å². The maximum absolute atomic E-state index is 3.65. The first-order valence-electron chi connectivity index (χ1n) is 7.22. The molecule has 0 saturated carbocycles. The van der Waals surface area contributed by atoms with Gasteiger partial charge in [-0.25, -0.2) is 0 Å². The van der Waals surface area contributed by atoms with Crippen molar-refractivity contribution in [2.45, 2.75) is 40.2 Å². The Bertz CT molecular complexity index is 419. The van der Waals surface area contributed by atoms with Crippen molar-refractivity contribution in [2.24, 2.45) is 5.92 Å². The van der Waals surface area contributed by atoms with Gasteiger partial charge in [0, 0.05) is 35.8 Å². The molecule has 1 fully saturated rings. The number of rotatable bonds is 3. The number of hydrogen-bond acceptors (Lipinski definition) is 2. The number of halogens is 1. The third-order valence-electron chi connectivity index (χ3n) is 3.80. The van der Waals surface area contributed by atoms with Gasteiger partial charge in [-0.15, -0.1) is 0 Å². The van der Waals surface area contributed by atoms with Crippen LogP contribution in [0, 0.1) is 19.8 Å². The molecule has 1 aromatic rings. The van der Waals surface area contributed by atoms with Crippen molar-refractivity contribution in [1.82, 2.24) is 5.32 Å². The maximum atomic E-state index is 3.65. The predicted octanol–water partition coefficient (Wildman–Crippen LogP) is 3.89. The van der Waals surface area contributed by atoms with E-state index in [1.165, 1.54) is 27.7 Å². The van der Waals surface area contributed by atoms with Crippen molar-refractivity contribution in [1.29, 1.82) is 0 Å². The lowest BCUT2D eigenvalue weighted by atomic mass is 10.0. The Balaban J connectivity index is 2.13. The zero-order valence-electron chi connectivity index (χ0n) is 12.5. The minimum Gasteiger partial charge on any atom is -0.369 e. The fourth-order valence-corrected chi connectivity index (χ4v) is 3.12. The molecule has 0 bridgehead atoms. The van der Waals surface area contributed by atoms with Crippen LogP contribution in [0.5, 0.6) is 0 Å². The van der Waals surface area contributed by atoms with E-state index in [1.807, 2.05) is 0 Å². The van der Waals surface area contributed by atoms with Crippen LogP contribution >= 0.6 is 15.9 Å². The van der Waals surface area contributed by atoms with E-state index in [0.29, 0.717) is 6.04 Å². The molecule has 1 heterocycles. The normalized spacial score (nSPS) is 20.1. The van der Waals surface area contributed by atoms with Gasteiger partial charge in [-0.3, -0.25) is 0 Å². The minimum absolute atomic E-state index is 0.623. The number of nitrogens with zero attached hydrogens (tertiary/aromatic N) is 1. The SMILES string of the molecule is Cc1cc(N2CCNC(CC(C)C)C2)cc(C)c1Br. The van der Waals surface area contributed by atoms with E-state index in [1.54, 1.807) is 0 Å². The number of aryl methyl sites for hydroxylation is 2. The van der Waals surface area contributed by atoms with Crippen LogP contribution < -0.4 is 10.2 Å². The summed E-state index contributed by atoms with van der Waals surface area (Å²) in [7, 11) is 0. The van der Waals surface area contributed by atoms with Crippen molar-refractivity contribution >= 4 is 21.6 Å². The summed E-state index contributed by atoms with van der Waals surface area (Å²) >= 11 is 3.65. The largest absolute Gasteiger partial charge is 0.369 e. The monoisotopic (exact) mass is 324 g/mol. The Morgan fingerprint density at radius 3 is 2.53 bits per heavy atom. The Hall–Kier alpha value is -0.540. The molecule has 1 atom stereocenters. The maximum Gasteiger partial charge on any atom is 0.0373 e. The number of hydrogen-bond donors (Lipinski definition) is 1. The molecule has 0 aliphatic carbocycles. The number of piperazine rings is 1. The van der Waals surface area contributed by atoms with Crippen LogP contribution in [0.4, 0.5) is 5.69 Å². The van der Waals surface area contributed by atoms with Crippen LogP contribution in [0.1, 0.15) is 31.4 Å². The zero-order valence-corrected chi connectivity index (χ0v) is 14.0. The molecule has 1 aromatic carbocycles. The second-order valence-electron chi connectivity index (χ2n) is 6.12. The molecule has 1 saturated heterocycles. The van der Waals surface area contributed by atoms with Crippen LogP contribution in [-0.4, -0.2) is 25.7 Å². The minimum atomic E-state index is 0.623. The molecule has 2 rings (SSSR count). The number of anilines is 1. The van der Waals surface area contributed by atoms with Gasteiger partial charge in [0.15, 0.2) is 0 Å². The van der Waals surface area contributed by atoms with E-state index in [9.17, 15) is 0 Å². The van der Waals surface area contributed by atoms with Gasteiger partial charge in [0.2, 0.25) is 0 Å². The van der Waals surface area contributed by atoms with Crippen molar-refractivity contribution in [3.63, 3.8) is 0 Å². The smallest absolute Gasteiger partial charge is 0.0373 e. The highest BCUT2D eigenvalue weighted by atomic mass is 79.9. The van der Waals surface area contributed by atoms with E-state index in [4.69, 9.17) is 0 Å². The summed E-state index contributed by atoms with van der Waals surface area (Å²) in [4.78, 5) is 2.52. The second kappa shape index (κ2) is 6.27. The summed E-state index contributed by atoms with van der Waals surface area (Å²) in [6.45, 7) is 12.3. The average Bonchev–Trinajstić information content (AvgIpc) is 2.35. The van der Waals surface area contributed by atoms with Gasteiger partial charge >= 0.3 is 0 Å². The topological polar surface area (TPSA) is 15.3 Å². The fourth-order valence-electron chi connectivity index (χ4n) is 2.89. The van der Waals surface area contributed by atoms with Crippen molar-refractivity contribution in [2.75, 3.05) is 24.5 Å². The van der Waals surface area contributed by atoms with Gasteiger partial charge in [0.1, 0.15) is 0 Å². The number of nitrogens with one attached hydrogen (secondary N) is 1. The lowest BCUT2D eigenvalue weighted by molar-refractivity contribution is 0.388. The molecular weight excluding hydrogens is 300 g/mol. The fraction of sp³-hybridized carbons (Fsp3) is 0.625. The van der Waals surface area contributed by atoms with Gasteiger partial charge in [0.25, 0.3) is 0 Å². The van der Waals surface area contributed by atoms with Gasteiger partial charge < -0.3 is 10.2 Å². The van der Waals surface area contributed by atoms with E-state index < -0.39 is 0 Å². The molecule has 3 heteroatoms. The summed E-state index contributed by atoms with van der Waals surface area (Å²) in [5.74, 6) is 0.755. The predicted molar refractivity (Wildman–Crippen MR) is 87.1 cm³/mol. The summed E-state index contributed by atoms with van der Waals surface area (Å²) in [6, 6.07) is 5.22. The Morgan fingerprint density at radius 1 is 1.32 bits per heavy atom. The van der Waals surface area contributed by atoms with Crippen LogP contribution in [-0.2, 0) is 0 Å². The molecule has 1 aliphatic rings. The zero-order chi connectivity index (χ0) is 14.0. The lowest BCUT2D eigenvalue weighted by Crippen LogP contribution is -2.51. The molecule has 0 aromatic heterocycles. The molecule has 0 radical (unpaired) electrons. The van der Waals surface area contributed by atoms with Gasteiger partial charge in [-0.2, -0.15) is 0 Å². The molecule has 1 aliphatic heterocycles. The van der Waals surface area contributed by atoms with Crippen LogP contribution in [0.2, 0.25) is 0 Å². The molecule has 0 spiro atoms. The molecular formula is C16H25BrN2. The summed E-state index contributed by atoms with van der Waals surface area (Å²) < 4.78 is 1.24. The summed E-state index contributed by atoms with van der Waals surface area (Å²) in [6.07, 6.45) is 1.25. The third kappa shape index (κ3) is 3.73. The van der Waals surface area contributed by atoms with E-state index in [0.717, 1.165) is 25.6 Å². The molecule has 2 nitrogen and oxygen atoms in total. The molecule has 1 unspecified atom stereocenters. The Morgan fingerprint density at radius 2 is 1.95 bits per heavy atom. The molecule has 0 amide bonds. The highest BCUT2D eigenvalue weighted by molar-refractivity contribution is 9.10. The standard InChI is InChI=1S/C16H25BrN2/c1-11(2)7-14-10-19(6-5-18-14)15-8-12(3)16(17)13(4)9-15/h8-9,11,14,18H,5-7,10H2,1-4H3. The lowest BCUT2D eigenvalue weighted by Gasteiger charge is -2.36. The Kier molecular flexibility index (Phi) is 4.91. The first kappa shape index (κ1) is 14.9. The van der Waals surface area contributed by atoms with Crippen molar-refractivity contribution < 1.29 is 0 Å². The van der Waals surface area contributed by atoms with Crippen LogP contribution in [0.15, 0.2) is 16.6 Å². The van der Waals surface area contributed by atoms with Gasteiger partial charge in [0.05, 0.1) is 0 Å². The third-order valence-corrected chi connectivity index (χ3v) is 5.05. The number of benzene rings is 1. The van der Waals surface area contributed by atoms with Gasteiger partial charge in [-0.05, 0) is 49.4 Å². The van der Waals surface area contributed by atoms with E-state index in [2.05, 4.69) is 66.0 Å².